The van der Waals surface area contributed by atoms with Gasteiger partial charge in [0.25, 0.3) is 5.91 Å². The highest BCUT2D eigenvalue weighted by Crippen LogP contribution is 2.28. The molecule has 1 aliphatic rings. The van der Waals surface area contributed by atoms with E-state index in [1.54, 1.807) is 17.0 Å². The van der Waals surface area contributed by atoms with Crippen molar-refractivity contribution in [1.82, 2.24) is 4.90 Å². The molecule has 1 heterocycles. The Labute approximate surface area is 131 Å². The maximum Gasteiger partial charge on any atom is 0.387 e. The number of benzene rings is 1. The van der Waals surface area contributed by atoms with Gasteiger partial charge in [-0.25, -0.2) is 0 Å². The molecule has 0 bridgehead atoms. The number of hydrogen-bond donors (Lipinski definition) is 0. The minimum Gasteiger partial charge on any atom is -0.434 e. The second-order valence-corrected chi connectivity index (χ2v) is 6.63. The third kappa shape index (κ3) is 4.15. The van der Waals surface area contributed by atoms with Crippen LogP contribution in [0.1, 0.15) is 30.1 Å². The molecule has 21 heavy (non-hydrogen) atoms. The first-order valence-electron chi connectivity index (χ1n) is 6.96. The van der Waals surface area contributed by atoms with E-state index in [1.165, 1.54) is 12.1 Å². The number of amides is 1. The minimum atomic E-state index is -2.93. The number of nitrogens with zero attached hydrogens (tertiary/aromatic N) is 1. The standard InChI is InChI=1S/C15H18BrF2NO2/c1-10(16)11-6-8-19(9-7-11)14(20)12-4-2-3-5-13(12)21-15(17)18/h2-5,10-11,15H,6-9H2,1H3. The number of hydrogen-bond acceptors (Lipinski definition) is 2. The van der Waals surface area contributed by atoms with Crippen LogP contribution in [0.3, 0.4) is 0 Å². The first-order valence-corrected chi connectivity index (χ1v) is 7.87. The van der Waals surface area contributed by atoms with Gasteiger partial charge >= 0.3 is 6.61 Å². The van der Waals surface area contributed by atoms with Crippen molar-refractivity contribution in [3.63, 3.8) is 0 Å². The third-order valence-electron chi connectivity index (χ3n) is 3.81. The summed E-state index contributed by atoms with van der Waals surface area (Å²) in [5, 5.41) is 0. The van der Waals surface area contributed by atoms with Crippen LogP contribution in [-0.2, 0) is 0 Å². The molecular formula is C15H18BrF2NO2. The molecular weight excluding hydrogens is 344 g/mol. The zero-order valence-corrected chi connectivity index (χ0v) is 13.4. The van der Waals surface area contributed by atoms with Crippen LogP contribution < -0.4 is 4.74 Å². The second kappa shape index (κ2) is 7.20. The van der Waals surface area contributed by atoms with Gasteiger partial charge < -0.3 is 9.64 Å². The zero-order valence-electron chi connectivity index (χ0n) is 11.8. The molecule has 0 spiro atoms. The molecule has 0 aromatic heterocycles. The van der Waals surface area contributed by atoms with Crippen LogP contribution in [0.2, 0.25) is 0 Å². The number of carbonyl (C=O) groups is 1. The molecule has 3 nitrogen and oxygen atoms in total. The van der Waals surface area contributed by atoms with E-state index in [0.29, 0.717) is 23.8 Å². The highest BCUT2D eigenvalue weighted by molar-refractivity contribution is 9.09. The highest BCUT2D eigenvalue weighted by Gasteiger charge is 2.27. The van der Waals surface area contributed by atoms with E-state index in [0.717, 1.165) is 12.8 Å². The summed E-state index contributed by atoms with van der Waals surface area (Å²) in [5.41, 5.74) is 0.197. The Hall–Kier alpha value is -1.17. The molecule has 1 saturated heterocycles. The van der Waals surface area contributed by atoms with Crippen LogP contribution in [0.4, 0.5) is 8.78 Å². The first-order chi connectivity index (χ1) is 9.99. The quantitative estimate of drug-likeness (QED) is 0.760. The molecule has 1 unspecified atom stereocenters. The van der Waals surface area contributed by atoms with Crippen LogP contribution in [0.15, 0.2) is 24.3 Å². The molecule has 1 amide bonds. The molecule has 0 saturated carbocycles. The van der Waals surface area contributed by atoms with Crippen molar-refractivity contribution >= 4 is 21.8 Å². The number of alkyl halides is 3. The van der Waals surface area contributed by atoms with Crippen molar-refractivity contribution in [2.24, 2.45) is 5.92 Å². The van der Waals surface area contributed by atoms with Crippen molar-refractivity contribution in [2.45, 2.75) is 31.2 Å². The van der Waals surface area contributed by atoms with E-state index in [9.17, 15) is 13.6 Å². The topological polar surface area (TPSA) is 29.5 Å². The van der Waals surface area contributed by atoms with Crippen LogP contribution in [-0.4, -0.2) is 35.3 Å². The van der Waals surface area contributed by atoms with Crippen molar-refractivity contribution in [1.29, 1.82) is 0 Å². The van der Waals surface area contributed by atoms with E-state index in [-0.39, 0.29) is 17.2 Å². The maximum absolute atomic E-state index is 12.5. The van der Waals surface area contributed by atoms with Crippen LogP contribution in [0.5, 0.6) is 5.75 Å². The van der Waals surface area contributed by atoms with Crippen LogP contribution in [0, 0.1) is 5.92 Å². The molecule has 1 aromatic carbocycles. The number of halogens is 3. The summed E-state index contributed by atoms with van der Waals surface area (Å²) in [7, 11) is 0. The van der Waals surface area contributed by atoms with Crippen molar-refractivity contribution in [3.8, 4) is 5.75 Å². The van der Waals surface area contributed by atoms with E-state index < -0.39 is 6.61 Å². The highest BCUT2D eigenvalue weighted by atomic mass is 79.9. The molecule has 1 atom stereocenters. The smallest absolute Gasteiger partial charge is 0.387 e. The van der Waals surface area contributed by atoms with Crippen molar-refractivity contribution in [2.75, 3.05) is 13.1 Å². The molecule has 1 fully saturated rings. The van der Waals surface area contributed by atoms with Gasteiger partial charge in [0.05, 0.1) is 5.56 Å². The van der Waals surface area contributed by atoms with Gasteiger partial charge in [0.2, 0.25) is 0 Å². The van der Waals surface area contributed by atoms with Crippen LogP contribution >= 0.6 is 15.9 Å². The summed E-state index contributed by atoms with van der Waals surface area (Å²) in [6.07, 6.45) is 1.83. The first kappa shape index (κ1) is 16.2. The van der Waals surface area contributed by atoms with Gasteiger partial charge in [0.1, 0.15) is 5.75 Å². The number of para-hydroxylation sites is 1. The molecule has 1 aromatic rings. The molecule has 6 heteroatoms. The Bertz CT molecular complexity index is 488. The van der Waals surface area contributed by atoms with E-state index in [2.05, 4.69) is 27.6 Å². The minimum absolute atomic E-state index is 0.0616. The largest absolute Gasteiger partial charge is 0.434 e. The number of rotatable bonds is 4. The van der Waals surface area contributed by atoms with Crippen molar-refractivity contribution in [3.05, 3.63) is 29.8 Å². The summed E-state index contributed by atoms with van der Waals surface area (Å²) >= 11 is 3.57. The summed E-state index contributed by atoms with van der Waals surface area (Å²) in [6, 6.07) is 6.15. The monoisotopic (exact) mass is 361 g/mol. The van der Waals surface area contributed by atoms with Gasteiger partial charge in [-0.3, -0.25) is 4.79 Å². The number of likely N-dealkylation sites (tertiary alicyclic amines) is 1. The maximum atomic E-state index is 12.5. The Kier molecular flexibility index (Phi) is 5.56. The van der Waals surface area contributed by atoms with E-state index >= 15 is 0 Å². The summed E-state index contributed by atoms with van der Waals surface area (Å²) < 4.78 is 29.2. The van der Waals surface area contributed by atoms with E-state index in [1.807, 2.05) is 0 Å². The second-order valence-electron chi connectivity index (χ2n) is 5.18. The SMILES string of the molecule is CC(Br)C1CCN(C(=O)c2ccccc2OC(F)F)CC1. The van der Waals surface area contributed by atoms with Gasteiger partial charge in [-0.15, -0.1) is 0 Å². The van der Waals surface area contributed by atoms with Gasteiger partial charge in [-0.2, -0.15) is 8.78 Å². The lowest BCUT2D eigenvalue weighted by Gasteiger charge is -2.33. The summed E-state index contributed by atoms with van der Waals surface area (Å²) in [6.45, 7) is 0.456. The molecule has 0 N–H and O–H groups in total. The average molecular weight is 362 g/mol. The number of piperidine rings is 1. The third-order valence-corrected chi connectivity index (χ3v) is 4.56. The number of carbonyl (C=O) groups excluding carboxylic acids is 1. The van der Waals surface area contributed by atoms with E-state index in [4.69, 9.17) is 0 Å². The lowest BCUT2D eigenvalue weighted by atomic mass is 9.94. The average Bonchev–Trinajstić information content (AvgIpc) is 2.46. The predicted octanol–water partition coefficient (Wildman–Crippen LogP) is 3.92. The normalized spacial score (nSPS) is 17.9. The fraction of sp³-hybridized carbons (Fsp3) is 0.533. The molecule has 2 rings (SSSR count). The Balaban J connectivity index is 2.07. The lowest BCUT2D eigenvalue weighted by molar-refractivity contribution is -0.0503. The Morgan fingerprint density at radius 3 is 2.52 bits per heavy atom. The molecule has 116 valence electrons. The Morgan fingerprint density at radius 2 is 1.95 bits per heavy atom. The number of ether oxygens (including phenoxy) is 1. The predicted molar refractivity (Wildman–Crippen MR) is 80.1 cm³/mol. The fourth-order valence-electron chi connectivity index (χ4n) is 2.57. The van der Waals surface area contributed by atoms with Crippen LogP contribution in [0.25, 0.3) is 0 Å². The van der Waals surface area contributed by atoms with Gasteiger partial charge in [-0.1, -0.05) is 35.0 Å². The molecule has 0 radical (unpaired) electrons. The molecule has 1 aliphatic heterocycles. The van der Waals surface area contributed by atoms with Gasteiger partial charge in [0.15, 0.2) is 0 Å². The zero-order chi connectivity index (χ0) is 15.4. The van der Waals surface area contributed by atoms with Crippen molar-refractivity contribution < 1.29 is 18.3 Å². The molecule has 0 aliphatic carbocycles. The lowest BCUT2D eigenvalue weighted by Crippen LogP contribution is -2.40. The summed E-state index contributed by atoms with van der Waals surface area (Å²) in [5.74, 6) is 0.238. The van der Waals surface area contributed by atoms with Gasteiger partial charge in [-0.05, 0) is 30.9 Å². The summed E-state index contributed by atoms with van der Waals surface area (Å²) in [4.78, 5) is 14.6. The van der Waals surface area contributed by atoms with Gasteiger partial charge in [0, 0.05) is 17.9 Å². The Morgan fingerprint density at radius 1 is 1.33 bits per heavy atom. The fourth-order valence-corrected chi connectivity index (χ4v) is 3.10.